The standard InChI is InChI=1S/C14H20N2O4.BH3O2.HN3/c15-9-5-4-8-12(13(17)18)16-14(19)20-10-11-6-2-1-3-7-11;2-1-3;1-3-2/h1-3,6-7,12H,4-5,8-10,15H2,(H,16,19)(H,17,18);1-3H;1H/t12-;;/m0../s1. The Labute approximate surface area is 151 Å². The van der Waals surface area contributed by atoms with E-state index in [0.29, 0.717) is 19.4 Å². The monoisotopic (exact) mass is 369 g/mol. The summed E-state index contributed by atoms with van der Waals surface area (Å²) in [5.41, 5.74) is 18.4. The molecule has 0 saturated heterocycles. The van der Waals surface area contributed by atoms with Crippen molar-refractivity contribution in [1.29, 1.82) is 5.53 Å². The summed E-state index contributed by atoms with van der Waals surface area (Å²) in [4.78, 5) is 24.3. The molecule has 7 N–H and O–H groups in total. The van der Waals surface area contributed by atoms with E-state index in [1.54, 1.807) is 4.91 Å². The van der Waals surface area contributed by atoms with Gasteiger partial charge in [0.05, 0.1) is 0 Å². The number of carboxylic acids is 1. The van der Waals surface area contributed by atoms with Crippen molar-refractivity contribution >= 4 is 19.7 Å². The summed E-state index contributed by atoms with van der Waals surface area (Å²) in [5, 5.41) is 25.6. The van der Waals surface area contributed by atoms with E-state index in [-0.39, 0.29) is 6.61 Å². The number of nitrogens with zero attached hydrogens (tertiary/aromatic N) is 2. The second kappa shape index (κ2) is 18.6. The Bertz CT molecular complexity index is 528. The quantitative estimate of drug-likeness (QED) is 0.126. The Morgan fingerprint density at radius 2 is 1.85 bits per heavy atom. The maximum atomic E-state index is 11.5. The number of hydrogen-bond acceptors (Lipinski definition) is 7. The van der Waals surface area contributed by atoms with E-state index in [4.69, 9.17) is 36.7 Å². The zero-order chi connectivity index (χ0) is 20.2. The molecule has 0 heterocycles. The number of carbonyl (C=O) groups excluding carboxylic acids is 1. The molecule has 1 aromatic rings. The molecule has 0 aliphatic rings. The molecule has 1 atom stereocenters. The number of amides is 1. The molecular weight excluding hydrogens is 345 g/mol. The fourth-order valence-electron chi connectivity index (χ4n) is 1.66. The van der Waals surface area contributed by atoms with Crippen molar-refractivity contribution in [3.8, 4) is 0 Å². The van der Waals surface area contributed by atoms with Crippen LogP contribution in [0.3, 0.4) is 0 Å². The van der Waals surface area contributed by atoms with E-state index in [0.717, 1.165) is 12.0 Å². The molecule has 1 rings (SSSR count). The summed E-state index contributed by atoms with van der Waals surface area (Å²) in [6.07, 6.45) is 0.984. The highest BCUT2D eigenvalue weighted by Gasteiger charge is 2.19. The average molecular weight is 369 g/mol. The number of ether oxygens (including phenoxy) is 1. The second-order valence-corrected chi connectivity index (χ2v) is 4.62. The van der Waals surface area contributed by atoms with Gasteiger partial charge in [-0.05, 0) is 41.8 Å². The van der Waals surface area contributed by atoms with Crippen molar-refractivity contribution in [2.45, 2.75) is 31.9 Å². The first-order chi connectivity index (χ1) is 12.5. The number of unbranched alkanes of at least 4 members (excludes halogenated alkanes) is 1. The molecule has 0 fully saturated rings. The van der Waals surface area contributed by atoms with Crippen LogP contribution >= 0.6 is 0 Å². The van der Waals surface area contributed by atoms with Crippen LogP contribution in [0.25, 0.3) is 10.4 Å². The molecule has 0 saturated carbocycles. The predicted octanol–water partition coefficient (Wildman–Crippen LogP) is 0.608. The summed E-state index contributed by atoms with van der Waals surface area (Å²) in [6, 6.07) is 8.24. The van der Waals surface area contributed by atoms with Crippen molar-refractivity contribution in [2.24, 2.45) is 5.73 Å². The third-order valence-corrected chi connectivity index (χ3v) is 2.75. The number of alkyl carbamates (subject to hydrolysis) is 1. The molecular formula is C14H24BN5O6. The van der Waals surface area contributed by atoms with E-state index in [1.807, 2.05) is 30.3 Å². The Balaban J connectivity index is 0. The topological polar surface area (TPSA) is 202 Å². The van der Waals surface area contributed by atoms with Crippen LogP contribution in [0, 0.1) is 5.53 Å². The van der Waals surface area contributed by atoms with Crippen LogP contribution in [0.15, 0.2) is 30.3 Å². The molecule has 12 heteroatoms. The first-order valence-corrected chi connectivity index (χ1v) is 7.59. The number of benzene rings is 1. The van der Waals surface area contributed by atoms with E-state index >= 15 is 0 Å². The highest BCUT2D eigenvalue weighted by Crippen LogP contribution is 2.03. The van der Waals surface area contributed by atoms with Gasteiger partial charge in [0.1, 0.15) is 12.6 Å². The Morgan fingerprint density at radius 3 is 2.31 bits per heavy atom. The third-order valence-electron chi connectivity index (χ3n) is 2.75. The summed E-state index contributed by atoms with van der Waals surface area (Å²) < 4.78 is 4.98. The van der Waals surface area contributed by atoms with Crippen LogP contribution in [0.4, 0.5) is 4.79 Å². The number of hydrogen-bond donors (Lipinski definition) is 6. The SMILES string of the molecule is NCCCC[C@H](NC(=O)OCc1ccccc1)C(=O)O.OBO.[N-]=[N+]=N. The molecule has 0 aromatic heterocycles. The number of nitrogens with two attached hydrogens (primary N) is 1. The molecule has 1 amide bonds. The van der Waals surface area contributed by atoms with Gasteiger partial charge in [-0.2, -0.15) is 0 Å². The first-order valence-electron chi connectivity index (χ1n) is 7.59. The summed E-state index contributed by atoms with van der Waals surface area (Å²) >= 11 is 0. The summed E-state index contributed by atoms with van der Waals surface area (Å²) in [5.74, 6) is -1.07. The van der Waals surface area contributed by atoms with Crippen LogP contribution in [0.5, 0.6) is 0 Å². The summed E-state index contributed by atoms with van der Waals surface area (Å²) in [7, 11) is -0.750. The van der Waals surface area contributed by atoms with Gasteiger partial charge in [0, 0.05) is 0 Å². The zero-order valence-electron chi connectivity index (χ0n) is 14.2. The van der Waals surface area contributed by atoms with Gasteiger partial charge in [-0.1, -0.05) is 30.3 Å². The largest absolute Gasteiger partial charge is 0.480 e. The maximum absolute atomic E-state index is 11.5. The van der Waals surface area contributed by atoms with E-state index in [9.17, 15) is 9.59 Å². The van der Waals surface area contributed by atoms with E-state index in [2.05, 4.69) is 5.32 Å². The van der Waals surface area contributed by atoms with E-state index < -0.39 is 25.8 Å². The second-order valence-electron chi connectivity index (χ2n) is 4.62. The van der Waals surface area contributed by atoms with E-state index in [1.165, 1.54) is 0 Å². The highest BCUT2D eigenvalue weighted by molar-refractivity contribution is 6.13. The minimum absolute atomic E-state index is 0.113. The molecule has 144 valence electrons. The van der Waals surface area contributed by atoms with Gasteiger partial charge in [0.15, 0.2) is 0 Å². The average Bonchev–Trinajstić information content (AvgIpc) is 2.61. The van der Waals surface area contributed by atoms with Gasteiger partial charge in [-0.3, -0.25) is 0 Å². The van der Waals surface area contributed by atoms with Crippen molar-refractivity contribution in [3.05, 3.63) is 46.3 Å². The lowest BCUT2D eigenvalue weighted by Crippen LogP contribution is -2.41. The Morgan fingerprint density at radius 1 is 1.31 bits per heavy atom. The Hall–Kier alpha value is -2.79. The van der Waals surface area contributed by atoms with Crippen LogP contribution in [-0.2, 0) is 16.1 Å². The van der Waals surface area contributed by atoms with Crippen LogP contribution in [0.2, 0.25) is 0 Å². The van der Waals surface area contributed by atoms with Gasteiger partial charge >= 0.3 is 19.7 Å². The first kappa shape index (κ1) is 25.5. The molecule has 0 spiro atoms. The number of nitrogens with one attached hydrogen (secondary N) is 2. The van der Waals surface area contributed by atoms with Crippen molar-refractivity contribution < 1.29 is 29.5 Å². The summed E-state index contributed by atoms with van der Waals surface area (Å²) in [6.45, 7) is 0.618. The minimum Gasteiger partial charge on any atom is -0.480 e. The van der Waals surface area contributed by atoms with Crippen molar-refractivity contribution in [3.63, 3.8) is 0 Å². The highest BCUT2D eigenvalue weighted by atomic mass is 16.5. The van der Waals surface area contributed by atoms with Crippen LogP contribution in [-0.4, -0.2) is 47.5 Å². The lowest BCUT2D eigenvalue weighted by atomic mass is 10.1. The molecule has 0 radical (unpaired) electrons. The number of rotatable bonds is 8. The molecule has 0 aliphatic carbocycles. The lowest BCUT2D eigenvalue weighted by molar-refractivity contribution is -0.139. The predicted molar refractivity (Wildman–Crippen MR) is 95.1 cm³/mol. The van der Waals surface area contributed by atoms with Gasteiger partial charge in [-0.15, -0.1) is 5.53 Å². The van der Waals surface area contributed by atoms with Gasteiger partial charge in [0.2, 0.25) is 0 Å². The van der Waals surface area contributed by atoms with Crippen molar-refractivity contribution in [2.75, 3.05) is 6.54 Å². The van der Waals surface area contributed by atoms with Gasteiger partial charge < -0.3 is 30.9 Å². The smallest absolute Gasteiger partial charge is 0.432 e. The van der Waals surface area contributed by atoms with Gasteiger partial charge in [-0.25, -0.2) is 9.59 Å². The molecule has 0 bridgehead atoms. The number of carboxylic acid groups (broad SMARTS) is 1. The lowest BCUT2D eigenvalue weighted by Gasteiger charge is -2.14. The number of carbonyl (C=O) groups is 2. The minimum atomic E-state index is -1.07. The van der Waals surface area contributed by atoms with Crippen LogP contribution in [0.1, 0.15) is 24.8 Å². The van der Waals surface area contributed by atoms with Crippen molar-refractivity contribution in [1.82, 2.24) is 5.32 Å². The van der Waals surface area contributed by atoms with Gasteiger partial charge in [0.25, 0.3) is 0 Å². The van der Waals surface area contributed by atoms with Crippen LogP contribution < -0.4 is 11.1 Å². The normalized spacial score (nSPS) is 9.81. The molecule has 11 nitrogen and oxygen atoms in total. The Kier molecular flexibility index (Phi) is 18.2. The zero-order valence-corrected chi connectivity index (χ0v) is 14.2. The maximum Gasteiger partial charge on any atom is 0.432 e. The third kappa shape index (κ3) is 16.1. The molecule has 1 aromatic carbocycles. The number of aliphatic carboxylic acids is 1. The molecule has 26 heavy (non-hydrogen) atoms. The fraction of sp³-hybridized carbons (Fsp3) is 0.429. The molecule has 0 aliphatic heterocycles. The molecule has 0 unspecified atom stereocenters. The fourth-order valence-corrected chi connectivity index (χ4v) is 1.66.